The number of nitrogens with zero attached hydrogens (tertiary/aromatic N) is 3. The maximum absolute atomic E-state index is 12.7. The first-order valence-electron chi connectivity index (χ1n) is 9.57. The number of fused-ring (bicyclic) bond motifs is 1. The van der Waals surface area contributed by atoms with Crippen molar-refractivity contribution in [2.45, 2.75) is 6.92 Å². The van der Waals surface area contributed by atoms with Crippen molar-refractivity contribution in [1.82, 2.24) is 10.2 Å². The lowest BCUT2D eigenvalue weighted by molar-refractivity contribution is -0.114. The number of anilines is 2. The number of aromatic nitrogens is 2. The second-order valence-corrected chi connectivity index (χ2v) is 9.79. The Kier molecular flexibility index (Phi) is 6.15. The topological polar surface area (TPSA) is 120 Å². The van der Waals surface area contributed by atoms with Gasteiger partial charge in [-0.1, -0.05) is 11.3 Å². The molecule has 0 aliphatic carbocycles. The summed E-state index contributed by atoms with van der Waals surface area (Å²) in [4.78, 5) is 12.7. The number of sulfonamides is 1. The highest BCUT2D eigenvalue weighted by molar-refractivity contribution is 7.92. The van der Waals surface area contributed by atoms with Crippen LogP contribution in [0.1, 0.15) is 6.92 Å². The van der Waals surface area contributed by atoms with Crippen LogP contribution in [0.5, 0.6) is 17.2 Å². The number of rotatable bonds is 8. The van der Waals surface area contributed by atoms with E-state index in [1.165, 1.54) is 24.3 Å². The molecule has 12 heteroatoms. The summed E-state index contributed by atoms with van der Waals surface area (Å²) in [7, 11) is -2.15. The normalized spacial score (nSPS) is 12.4. The molecule has 3 aromatic rings. The Bertz CT molecular complexity index is 1230. The van der Waals surface area contributed by atoms with Gasteiger partial charge in [0.2, 0.25) is 27.9 Å². The second-order valence-electron chi connectivity index (χ2n) is 6.63. The van der Waals surface area contributed by atoms with Gasteiger partial charge in [0, 0.05) is 11.6 Å². The maximum Gasteiger partial charge on any atom is 0.246 e. The molecule has 0 spiro atoms. The van der Waals surface area contributed by atoms with E-state index in [4.69, 9.17) is 14.2 Å². The van der Waals surface area contributed by atoms with Crippen LogP contribution in [0.25, 0.3) is 10.6 Å². The van der Waals surface area contributed by atoms with Crippen molar-refractivity contribution in [3.63, 3.8) is 0 Å². The van der Waals surface area contributed by atoms with Gasteiger partial charge in [-0.3, -0.25) is 14.4 Å². The van der Waals surface area contributed by atoms with Gasteiger partial charge in [0.1, 0.15) is 17.3 Å². The average molecular weight is 477 g/mol. The van der Waals surface area contributed by atoms with E-state index in [1.807, 2.05) is 12.1 Å². The Labute approximate surface area is 188 Å². The Morgan fingerprint density at radius 3 is 2.62 bits per heavy atom. The number of ether oxygens (including phenoxy) is 3. The summed E-state index contributed by atoms with van der Waals surface area (Å²) in [6.07, 6.45) is 0. The van der Waals surface area contributed by atoms with E-state index >= 15 is 0 Å². The number of benzene rings is 2. The van der Waals surface area contributed by atoms with E-state index in [0.717, 1.165) is 9.87 Å². The zero-order valence-electron chi connectivity index (χ0n) is 17.3. The molecular weight excluding hydrogens is 456 g/mol. The summed E-state index contributed by atoms with van der Waals surface area (Å²) in [6, 6.07) is 12.0. The smallest absolute Gasteiger partial charge is 0.246 e. The lowest BCUT2D eigenvalue weighted by atomic mass is 10.2. The molecule has 1 aromatic heterocycles. The first-order valence-corrected chi connectivity index (χ1v) is 12.0. The molecule has 32 heavy (non-hydrogen) atoms. The first kappa shape index (κ1) is 21.8. The summed E-state index contributed by atoms with van der Waals surface area (Å²) >= 11 is 1.18. The van der Waals surface area contributed by atoms with Gasteiger partial charge in [0.15, 0.2) is 11.5 Å². The minimum Gasteiger partial charge on any atom is -0.497 e. The molecular formula is C20H20N4O6S2. The molecule has 0 radical (unpaired) electrons. The van der Waals surface area contributed by atoms with Crippen LogP contribution in [-0.2, 0) is 14.8 Å². The lowest BCUT2D eigenvalue weighted by Crippen LogP contribution is -2.39. The number of amides is 1. The fraction of sp³-hybridized carbons (Fsp3) is 0.250. The molecule has 1 N–H and O–H groups in total. The second kappa shape index (κ2) is 9.01. The maximum atomic E-state index is 12.7. The third-order valence-corrected chi connectivity index (χ3v) is 7.27. The van der Waals surface area contributed by atoms with Crippen molar-refractivity contribution < 1.29 is 27.4 Å². The molecule has 2 aromatic carbocycles. The van der Waals surface area contributed by atoms with Crippen LogP contribution in [0.2, 0.25) is 0 Å². The van der Waals surface area contributed by atoms with Crippen molar-refractivity contribution >= 4 is 38.1 Å². The fourth-order valence-corrected chi connectivity index (χ4v) is 4.79. The predicted octanol–water partition coefficient (Wildman–Crippen LogP) is 2.74. The molecule has 0 bridgehead atoms. The molecule has 0 unspecified atom stereocenters. The van der Waals surface area contributed by atoms with E-state index in [1.54, 1.807) is 31.4 Å². The van der Waals surface area contributed by atoms with Crippen LogP contribution in [0.4, 0.5) is 10.8 Å². The minimum atomic E-state index is -3.73. The quantitative estimate of drug-likeness (QED) is 0.527. The summed E-state index contributed by atoms with van der Waals surface area (Å²) < 4.78 is 42.1. The van der Waals surface area contributed by atoms with Gasteiger partial charge in [0.05, 0.1) is 18.6 Å². The van der Waals surface area contributed by atoms with E-state index in [2.05, 4.69) is 15.5 Å². The van der Waals surface area contributed by atoms with Gasteiger partial charge < -0.3 is 14.2 Å². The molecule has 1 amide bonds. The zero-order valence-corrected chi connectivity index (χ0v) is 18.9. The number of hydrogen-bond acceptors (Lipinski definition) is 9. The highest BCUT2D eigenvalue weighted by Gasteiger charge is 2.26. The SMILES string of the molecule is CCS(=O)(=O)N(CC(=O)Nc1nnc(-c2ccc(OC)cc2)s1)c1ccc2c(c1)OCO2. The van der Waals surface area contributed by atoms with Gasteiger partial charge in [-0.25, -0.2) is 8.42 Å². The average Bonchev–Trinajstić information content (AvgIpc) is 3.46. The zero-order chi connectivity index (χ0) is 22.7. The van der Waals surface area contributed by atoms with Crippen LogP contribution in [0, 0.1) is 0 Å². The standard InChI is InChI=1S/C20H20N4O6S2/c1-3-32(26,27)24(14-6-9-16-17(10-14)30-12-29-16)11-18(25)21-20-23-22-19(31-20)13-4-7-15(28-2)8-5-13/h4-10H,3,11-12H2,1-2H3,(H,21,23,25). The Morgan fingerprint density at radius 2 is 1.91 bits per heavy atom. The third kappa shape index (κ3) is 4.60. The van der Waals surface area contributed by atoms with Gasteiger partial charge in [-0.15, -0.1) is 10.2 Å². The van der Waals surface area contributed by atoms with E-state index < -0.39 is 22.5 Å². The Hall–Kier alpha value is -3.38. The molecule has 10 nitrogen and oxygen atoms in total. The highest BCUT2D eigenvalue weighted by atomic mass is 32.2. The van der Waals surface area contributed by atoms with Gasteiger partial charge >= 0.3 is 0 Å². The van der Waals surface area contributed by atoms with Crippen LogP contribution < -0.4 is 23.8 Å². The van der Waals surface area contributed by atoms with Crippen LogP contribution >= 0.6 is 11.3 Å². The van der Waals surface area contributed by atoms with E-state index in [-0.39, 0.29) is 17.7 Å². The first-order chi connectivity index (χ1) is 15.4. The van der Waals surface area contributed by atoms with Crippen LogP contribution in [0.15, 0.2) is 42.5 Å². The predicted molar refractivity (Wildman–Crippen MR) is 120 cm³/mol. The van der Waals surface area contributed by atoms with Crippen LogP contribution in [-0.4, -0.2) is 50.7 Å². The third-order valence-electron chi connectivity index (χ3n) is 4.64. The van der Waals surface area contributed by atoms with Crippen molar-refractivity contribution in [3.8, 4) is 27.8 Å². The summed E-state index contributed by atoms with van der Waals surface area (Å²) in [6.45, 7) is 1.15. The van der Waals surface area contributed by atoms with E-state index in [9.17, 15) is 13.2 Å². The fourth-order valence-electron chi connectivity index (χ4n) is 2.96. The Morgan fingerprint density at radius 1 is 1.16 bits per heavy atom. The summed E-state index contributed by atoms with van der Waals surface area (Å²) in [5, 5.41) is 11.6. The minimum absolute atomic E-state index is 0.0629. The van der Waals surface area contributed by atoms with Crippen molar-refractivity contribution in [1.29, 1.82) is 0 Å². The van der Waals surface area contributed by atoms with Crippen LogP contribution in [0.3, 0.4) is 0 Å². The molecule has 2 heterocycles. The van der Waals surface area contributed by atoms with Crippen molar-refractivity contribution in [2.75, 3.05) is 35.8 Å². The van der Waals surface area contributed by atoms with E-state index in [0.29, 0.717) is 27.9 Å². The summed E-state index contributed by atoms with van der Waals surface area (Å²) in [5.74, 6) is 0.943. The number of carbonyl (C=O) groups is 1. The highest BCUT2D eigenvalue weighted by Crippen LogP contribution is 2.36. The molecule has 1 aliphatic heterocycles. The molecule has 168 valence electrons. The van der Waals surface area contributed by atoms with Gasteiger partial charge in [-0.2, -0.15) is 0 Å². The monoisotopic (exact) mass is 476 g/mol. The van der Waals surface area contributed by atoms with Gasteiger partial charge in [-0.05, 0) is 43.3 Å². The molecule has 0 saturated heterocycles. The molecule has 1 aliphatic rings. The summed E-state index contributed by atoms with van der Waals surface area (Å²) in [5.41, 5.74) is 1.13. The number of carbonyl (C=O) groups excluding carboxylic acids is 1. The number of methoxy groups -OCH3 is 1. The van der Waals surface area contributed by atoms with Gasteiger partial charge in [0.25, 0.3) is 0 Å². The Balaban J connectivity index is 1.50. The van der Waals surface area contributed by atoms with Crippen molar-refractivity contribution in [2.24, 2.45) is 0 Å². The molecule has 0 saturated carbocycles. The molecule has 0 fully saturated rings. The number of nitrogens with one attached hydrogen (secondary N) is 1. The number of hydrogen-bond donors (Lipinski definition) is 1. The largest absolute Gasteiger partial charge is 0.497 e. The molecule has 4 rings (SSSR count). The van der Waals surface area contributed by atoms with Crippen molar-refractivity contribution in [3.05, 3.63) is 42.5 Å². The lowest BCUT2D eigenvalue weighted by Gasteiger charge is -2.23. The molecule has 0 atom stereocenters.